The Bertz CT molecular complexity index is 2440. The number of fused-ring (bicyclic) bond motifs is 4. The predicted octanol–water partition coefficient (Wildman–Crippen LogP) is 10.1. The zero-order valence-electron chi connectivity index (χ0n) is 27.6. The van der Waals surface area contributed by atoms with Crippen LogP contribution in [0.3, 0.4) is 0 Å². The van der Waals surface area contributed by atoms with Gasteiger partial charge in [0.1, 0.15) is 23.2 Å². The number of imidazole rings is 2. The van der Waals surface area contributed by atoms with Gasteiger partial charge >= 0.3 is 0 Å². The van der Waals surface area contributed by atoms with E-state index in [1.54, 1.807) is 0 Å². The summed E-state index contributed by atoms with van der Waals surface area (Å²) in [4.78, 5) is 9.83. The molecule has 0 fully saturated rings. The van der Waals surface area contributed by atoms with Crippen LogP contribution in [0.5, 0.6) is 5.75 Å². The summed E-state index contributed by atoms with van der Waals surface area (Å²) in [6, 6.07) is 40.7. The highest BCUT2D eigenvalue weighted by atomic mass is 16.5. The van der Waals surface area contributed by atoms with E-state index in [9.17, 15) is 0 Å². The van der Waals surface area contributed by atoms with E-state index in [4.69, 9.17) is 14.7 Å². The van der Waals surface area contributed by atoms with Crippen LogP contribution in [0.2, 0.25) is 0 Å². The van der Waals surface area contributed by atoms with Crippen LogP contribution in [0, 0.1) is 5.92 Å². The number of allylic oxidation sites excluding steroid dienone is 4. The molecular formula is C43H36N4O. The molecule has 7 aromatic rings. The molecule has 234 valence electrons. The lowest BCUT2D eigenvalue weighted by atomic mass is 9.66. The lowest BCUT2D eigenvalue weighted by Gasteiger charge is -2.43. The number of para-hydroxylation sites is 5. The highest BCUT2D eigenvalue weighted by Crippen LogP contribution is 2.53. The van der Waals surface area contributed by atoms with Crippen molar-refractivity contribution < 1.29 is 4.74 Å². The summed E-state index contributed by atoms with van der Waals surface area (Å²) < 4.78 is 11.4. The first-order valence-corrected chi connectivity index (χ1v) is 16.6. The molecule has 48 heavy (non-hydrogen) atoms. The van der Waals surface area contributed by atoms with Crippen molar-refractivity contribution in [3.05, 3.63) is 144 Å². The lowest BCUT2D eigenvalue weighted by Crippen LogP contribution is -2.37. The molecule has 5 aromatic carbocycles. The topological polar surface area (TPSA) is 44.9 Å². The maximum absolute atomic E-state index is 7.07. The molecule has 0 amide bonds. The van der Waals surface area contributed by atoms with Gasteiger partial charge < -0.3 is 13.9 Å². The first kappa shape index (κ1) is 28.5. The lowest BCUT2D eigenvalue weighted by molar-refractivity contribution is 0.225. The molecule has 0 radical (unpaired) electrons. The maximum Gasteiger partial charge on any atom is 0.140 e. The molecule has 0 N–H and O–H groups in total. The third-order valence-corrected chi connectivity index (χ3v) is 10.5. The van der Waals surface area contributed by atoms with Crippen LogP contribution in [0.4, 0.5) is 0 Å². The Hall–Kier alpha value is -5.68. The summed E-state index contributed by atoms with van der Waals surface area (Å²) in [6.07, 6.45) is 5.49. The zero-order valence-corrected chi connectivity index (χ0v) is 27.6. The van der Waals surface area contributed by atoms with Crippen LogP contribution >= 0.6 is 0 Å². The number of rotatable bonds is 4. The molecule has 2 aromatic heterocycles. The third kappa shape index (κ3) is 4.31. The minimum Gasteiger partial charge on any atom is -0.460 e. The summed E-state index contributed by atoms with van der Waals surface area (Å²) in [7, 11) is 4.16. The van der Waals surface area contributed by atoms with Crippen molar-refractivity contribution in [2.75, 3.05) is 0 Å². The van der Waals surface area contributed by atoms with Gasteiger partial charge in [0.2, 0.25) is 0 Å². The number of hydrogen-bond acceptors (Lipinski definition) is 3. The molecule has 2 aliphatic rings. The van der Waals surface area contributed by atoms with Gasteiger partial charge in [-0.05, 0) is 41.8 Å². The standard InChI is InChI=1S/C43H36N4O/c1-43(2)33-13-9-11-31(27-19-23-29(24-20-27)41-44-35-15-5-7-17-37(35)46(41)3)39(33)48-40-32(12-10-14-34(40)43)28-21-25-30(26-22-28)42-45-36-16-6-8-18-38(36)47(42)4/h5-13,15-26,34H,14H2,1-4H3. The molecule has 9 rings (SSSR count). The van der Waals surface area contributed by atoms with Crippen molar-refractivity contribution in [3.8, 4) is 39.7 Å². The third-order valence-electron chi connectivity index (χ3n) is 10.5. The van der Waals surface area contributed by atoms with E-state index >= 15 is 0 Å². The Labute approximate surface area is 280 Å². The molecule has 0 saturated heterocycles. The van der Waals surface area contributed by atoms with Crippen molar-refractivity contribution in [2.45, 2.75) is 25.7 Å². The highest BCUT2D eigenvalue weighted by Gasteiger charge is 2.43. The Morgan fingerprint density at radius 3 is 1.75 bits per heavy atom. The first-order chi connectivity index (χ1) is 23.4. The molecule has 1 unspecified atom stereocenters. The van der Waals surface area contributed by atoms with Crippen LogP contribution in [-0.2, 0) is 19.5 Å². The molecule has 0 saturated carbocycles. The second-order valence-electron chi connectivity index (χ2n) is 13.6. The van der Waals surface area contributed by atoms with E-state index < -0.39 is 0 Å². The van der Waals surface area contributed by atoms with Crippen molar-refractivity contribution >= 4 is 27.6 Å². The van der Waals surface area contributed by atoms with Crippen molar-refractivity contribution in [1.29, 1.82) is 0 Å². The molecule has 1 aliphatic heterocycles. The molecule has 1 atom stereocenters. The van der Waals surface area contributed by atoms with E-state index in [0.29, 0.717) is 0 Å². The van der Waals surface area contributed by atoms with E-state index in [-0.39, 0.29) is 11.3 Å². The zero-order chi connectivity index (χ0) is 32.6. The second kappa shape index (κ2) is 10.7. The molecule has 3 heterocycles. The highest BCUT2D eigenvalue weighted by molar-refractivity contribution is 5.84. The molecule has 0 bridgehead atoms. The average molecular weight is 625 g/mol. The summed E-state index contributed by atoms with van der Waals surface area (Å²) in [6.45, 7) is 4.73. The van der Waals surface area contributed by atoms with Gasteiger partial charge in [-0.2, -0.15) is 0 Å². The summed E-state index contributed by atoms with van der Waals surface area (Å²) in [5, 5.41) is 0. The van der Waals surface area contributed by atoms with Gasteiger partial charge in [0.15, 0.2) is 0 Å². The van der Waals surface area contributed by atoms with Gasteiger partial charge in [-0.25, -0.2) is 9.97 Å². The van der Waals surface area contributed by atoms with Gasteiger partial charge in [0, 0.05) is 53.3 Å². The normalized spacial score (nSPS) is 16.6. The van der Waals surface area contributed by atoms with Crippen molar-refractivity contribution in [1.82, 2.24) is 19.1 Å². The number of nitrogens with zero attached hydrogens (tertiary/aromatic N) is 4. The molecule has 5 heteroatoms. The summed E-state index contributed by atoms with van der Waals surface area (Å²) >= 11 is 0. The number of benzene rings is 5. The summed E-state index contributed by atoms with van der Waals surface area (Å²) in [5.41, 5.74) is 12.1. The predicted molar refractivity (Wildman–Crippen MR) is 196 cm³/mol. The first-order valence-electron chi connectivity index (χ1n) is 16.6. The molecule has 0 spiro atoms. The van der Waals surface area contributed by atoms with Crippen LogP contribution in [0.15, 0.2) is 133 Å². The van der Waals surface area contributed by atoms with Crippen molar-refractivity contribution in [3.63, 3.8) is 0 Å². The fraction of sp³-hybridized carbons (Fsp3) is 0.163. The monoisotopic (exact) mass is 624 g/mol. The largest absolute Gasteiger partial charge is 0.460 e. The molecular weight excluding hydrogens is 589 g/mol. The van der Waals surface area contributed by atoms with Crippen LogP contribution < -0.4 is 4.74 Å². The van der Waals surface area contributed by atoms with Gasteiger partial charge in [0.05, 0.1) is 22.1 Å². The van der Waals surface area contributed by atoms with Gasteiger partial charge in [-0.15, -0.1) is 0 Å². The summed E-state index contributed by atoms with van der Waals surface area (Å²) in [5.74, 6) is 4.17. The van der Waals surface area contributed by atoms with E-state index in [2.05, 4.69) is 152 Å². The van der Waals surface area contributed by atoms with Gasteiger partial charge in [0.25, 0.3) is 0 Å². The van der Waals surface area contributed by atoms with E-state index in [1.807, 2.05) is 12.1 Å². The number of ether oxygens (including phenoxy) is 1. The molecule has 5 nitrogen and oxygen atoms in total. The number of aryl methyl sites for hydroxylation is 2. The van der Waals surface area contributed by atoms with Crippen LogP contribution in [0.25, 0.3) is 61.5 Å². The Morgan fingerprint density at radius 1 is 0.625 bits per heavy atom. The van der Waals surface area contributed by atoms with E-state index in [0.717, 1.165) is 85.0 Å². The Morgan fingerprint density at radius 2 is 1.17 bits per heavy atom. The van der Waals surface area contributed by atoms with E-state index in [1.165, 1.54) is 5.56 Å². The second-order valence-corrected chi connectivity index (χ2v) is 13.6. The minimum absolute atomic E-state index is 0.116. The quantitative estimate of drug-likeness (QED) is 0.196. The van der Waals surface area contributed by atoms with Crippen LogP contribution in [0.1, 0.15) is 31.4 Å². The Balaban J connectivity index is 1.10. The molecule has 1 aliphatic carbocycles. The number of hydrogen-bond donors (Lipinski definition) is 0. The van der Waals surface area contributed by atoms with Gasteiger partial charge in [-0.3, -0.25) is 0 Å². The fourth-order valence-electron chi connectivity index (χ4n) is 7.77. The van der Waals surface area contributed by atoms with Crippen molar-refractivity contribution in [2.24, 2.45) is 20.0 Å². The SMILES string of the molecule is Cn1c(-c2ccc(C3=C4Oc5c(-c6ccc(-c7nc8ccccc8n7C)cc6)cccc5C(C)(C)C4CC=C3)cc2)nc2ccccc21. The number of aromatic nitrogens is 4. The van der Waals surface area contributed by atoms with Gasteiger partial charge in [-0.1, -0.05) is 117 Å². The fourth-order valence-corrected chi connectivity index (χ4v) is 7.77. The van der Waals surface area contributed by atoms with Crippen LogP contribution in [-0.4, -0.2) is 19.1 Å². The smallest absolute Gasteiger partial charge is 0.140 e. The maximum atomic E-state index is 7.07. The average Bonchev–Trinajstić information content (AvgIpc) is 3.64. The minimum atomic E-state index is -0.116. The Kier molecular flexibility index (Phi) is 6.35.